The monoisotopic (exact) mass is 184 g/mol. The van der Waals surface area contributed by atoms with E-state index in [9.17, 15) is 4.79 Å². The molecule has 0 saturated carbocycles. The van der Waals surface area contributed by atoms with Crippen LogP contribution in [-0.4, -0.2) is 12.1 Å². The van der Waals surface area contributed by atoms with Crippen LogP contribution < -0.4 is 0 Å². The van der Waals surface area contributed by atoms with E-state index in [2.05, 4.69) is 20.8 Å². The van der Waals surface area contributed by atoms with Crippen LogP contribution in [0.5, 0.6) is 0 Å². The summed E-state index contributed by atoms with van der Waals surface area (Å²) in [4.78, 5) is 11.2. The number of hydrogen-bond acceptors (Lipinski definition) is 2. The molecule has 0 N–H and O–H groups in total. The fourth-order valence-electron chi connectivity index (χ4n) is 1.89. The Balaban J connectivity index is 2.46. The molecule has 76 valence electrons. The lowest BCUT2D eigenvalue weighted by molar-refractivity contribution is -0.148. The topological polar surface area (TPSA) is 26.3 Å². The van der Waals surface area contributed by atoms with Crippen molar-refractivity contribution in [3.05, 3.63) is 0 Å². The molecule has 2 heteroatoms. The van der Waals surface area contributed by atoms with Crippen molar-refractivity contribution in [2.45, 2.75) is 52.6 Å². The van der Waals surface area contributed by atoms with E-state index in [1.54, 1.807) is 0 Å². The number of esters is 1. The third kappa shape index (κ3) is 3.79. The van der Waals surface area contributed by atoms with Gasteiger partial charge in [-0.2, -0.15) is 0 Å². The molecule has 1 fully saturated rings. The molecular weight excluding hydrogens is 164 g/mol. The summed E-state index contributed by atoms with van der Waals surface area (Å²) in [6.07, 6.45) is 3.83. The minimum absolute atomic E-state index is 0.00463. The van der Waals surface area contributed by atoms with Crippen LogP contribution in [0, 0.1) is 11.8 Å². The summed E-state index contributed by atoms with van der Waals surface area (Å²) in [5, 5.41) is 0. The van der Waals surface area contributed by atoms with Crippen LogP contribution in [0.3, 0.4) is 0 Å². The van der Waals surface area contributed by atoms with E-state index in [1.165, 1.54) is 0 Å². The Morgan fingerprint density at radius 3 is 2.85 bits per heavy atom. The molecule has 1 saturated heterocycles. The Labute approximate surface area is 80.7 Å². The lowest BCUT2D eigenvalue weighted by Gasteiger charge is -2.18. The van der Waals surface area contributed by atoms with Crippen LogP contribution in [0.15, 0.2) is 0 Å². The first-order valence-corrected chi connectivity index (χ1v) is 5.27. The molecule has 13 heavy (non-hydrogen) atoms. The van der Waals surface area contributed by atoms with Gasteiger partial charge in [0.25, 0.3) is 0 Å². The highest BCUT2D eigenvalue weighted by atomic mass is 16.5. The van der Waals surface area contributed by atoms with E-state index < -0.39 is 0 Å². The standard InChI is InChI=1S/C11H20O2/c1-8(2)6-10-7-9(3)4-5-11(12)13-10/h8-10H,4-7H2,1-3H3/t9-,10-/m0/s1. The Bertz CT molecular complexity index is 175. The van der Waals surface area contributed by atoms with Crippen molar-refractivity contribution in [2.75, 3.05) is 0 Å². The molecule has 1 heterocycles. The maximum atomic E-state index is 11.2. The van der Waals surface area contributed by atoms with Crippen LogP contribution in [0.25, 0.3) is 0 Å². The molecule has 0 aromatic rings. The van der Waals surface area contributed by atoms with Crippen molar-refractivity contribution in [1.29, 1.82) is 0 Å². The van der Waals surface area contributed by atoms with Gasteiger partial charge in [0, 0.05) is 6.42 Å². The molecule has 2 atom stereocenters. The average Bonchev–Trinajstić information content (AvgIpc) is 2.11. The molecule has 1 aliphatic heterocycles. The zero-order valence-electron chi connectivity index (χ0n) is 8.88. The Hall–Kier alpha value is -0.530. The first-order chi connectivity index (χ1) is 6.08. The van der Waals surface area contributed by atoms with Crippen LogP contribution >= 0.6 is 0 Å². The summed E-state index contributed by atoms with van der Waals surface area (Å²) >= 11 is 0. The van der Waals surface area contributed by atoms with E-state index in [0.29, 0.717) is 18.3 Å². The second kappa shape index (κ2) is 4.64. The van der Waals surface area contributed by atoms with Crippen molar-refractivity contribution in [3.63, 3.8) is 0 Å². The summed E-state index contributed by atoms with van der Waals surface area (Å²) in [5.74, 6) is 1.24. The van der Waals surface area contributed by atoms with Gasteiger partial charge >= 0.3 is 5.97 Å². The van der Waals surface area contributed by atoms with E-state index in [1.807, 2.05) is 0 Å². The van der Waals surface area contributed by atoms with E-state index >= 15 is 0 Å². The highest BCUT2D eigenvalue weighted by Gasteiger charge is 2.23. The first-order valence-electron chi connectivity index (χ1n) is 5.27. The van der Waals surface area contributed by atoms with Gasteiger partial charge in [-0.05, 0) is 31.1 Å². The summed E-state index contributed by atoms with van der Waals surface area (Å²) in [6, 6.07) is 0. The first kappa shape index (κ1) is 10.6. The Kier molecular flexibility index (Phi) is 3.76. The van der Waals surface area contributed by atoms with Crippen molar-refractivity contribution < 1.29 is 9.53 Å². The normalized spacial score (nSPS) is 30.0. The molecule has 0 radical (unpaired) electrons. The predicted molar refractivity (Wildman–Crippen MR) is 52.4 cm³/mol. The minimum atomic E-state index is -0.00463. The molecule has 0 amide bonds. The van der Waals surface area contributed by atoms with Crippen molar-refractivity contribution in [2.24, 2.45) is 11.8 Å². The lowest BCUT2D eigenvalue weighted by Crippen LogP contribution is -2.18. The zero-order chi connectivity index (χ0) is 9.84. The molecule has 1 rings (SSSR count). The molecule has 0 aromatic carbocycles. The quantitative estimate of drug-likeness (QED) is 0.617. The maximum Gasteiger partial charge on any atom is 0.306 e. The van der Waals surface area contributed by atoms with E-state index in [-0.39, 0.29) is 12.1 Å². The Morgan fingerprint density at radius 2 is 2.23 bits per heavy atom. The molecule has 0 unspecified atom stereocenters. The molecule has 0 aromatic heterocycles. The molecule has 0 aliphatic carbocycles. The van der Waals surface area contributed by atoms with Crippen molar-refractivity contribution >= 4 is 5.97 Å². The van der Waals surface area contributed by atoms with Gasteiger partial charge < -0.3 is 4.74 Å². The van der Waals surface area contributed by atoms with Gasteiger partial charge in [0.15, 0.2) is 0 Å². The third-order valence-electron chi connectivity index (χ3n) is 2.54. The van der Waals surface area contributed by atoms with Crippen molar-refractivity contribution in [3.8, 4) is 0 Å². The van der Waals surface area contributed by atoms with E-state index in [4.69, 9.17) is 4.74 Å². The highest BCUT2D eigenvalue weighted by molar-refractivity contribution is 5.69. The number of ether oxygens (including phenoxy) is 1. The molecule has 0 spiro atoms. The second-order valence-electron chi connectivity index (χ2n) is 4.62. The SMILES string of the molecule is CC(C)C[C@H]1C[C@@H](C)CCC(=O)O1. The molecule has 1 aliphatic rings. The van der Waals surface area contributed by atoms with Gasteiger partial charge in [-0.3, -0.25) is 4.79 Å². The second-order valence-corrected chi connectivity index (χ2v) is 4.62. The van der Waals surface area contributed by atoms with Gasteiger partial charge in [0.1, 0.15) is 6.10 Å². The van der Waals surface area contributed by atoms with Gasteiger partial charge in [-0.15, -0.1) is 0 Å². The van der Waals surface area contributed by atoms with Gasteiger partial charge in [-0.1, -0.05) is 20.8 Å². The number of cyclic esters (lactones) is 1. The summed E-state index contributed by atoms with van der Waals surface area (Å²) < 4.78 is 5.35. The minimum Gasteiger partial charge on any atom is -0.462 e. The zero-order valence-corrected chi connectivity index (χ0v) is 8.88. The number of carbonyl (C=O) groups is 1. The highest BCUT2D eigenvalue weighted by Crippen LogP contribution is 2.24. The van der Waals surface area contributed by atoms with Crippen LogP contribution in [0.1, 0.15) is 46.5 Å². The maximum absolute atomic E-state index is 11.2. The summed E-state index contributed by atoms with van der Waals surface area (Å²) in [6.45, 7) is 6.54. The smallest absolute Gasteiger partial charge is 0.306 e. The number of carbonyl (C=O) groups excluding carboxylic acids is 1. The molecule has 0 bridgehead atoms. The largest absolute Gasteiger partial charge is 0.462 e. The van der Waals surface area contributed by atoms with Crippen molar-refractivity contribution in [1.82, 2.24) is 0 Å². The lowest BCUT2D eigenvalue weighted by atomic mass is 9.95. The number of rotatable bonds is 2. The van der Waals surface area contributed by atoms with Gasteiger partial charge in [0.2, 0.25) is 0 Å². The van der Waals surface area contributed by atoms with Gasteiger partial charge in [-0.25, -0.2) is 0 Å². The molecule has 2 nitrogen and oxygen atoms in total. The van der Waals surface area contributed by atoms with Crippen LogP contribution in [0.2, 0.25) is 0 Å². The fourth-order valence-corrected chi connectivity index (χ4v) is 1.89. The Morgan fingerprint density at radius 1 is 1.54 bits per heavy atom. The van der Waals surface area contributed by atoms with Crippen LogP contribution in [0.4, 0.5) is 0 Å². The van der Waals surface area contributed by atoms with Gasteiger partial charge in [0.05, 0.1) is 0 Å². The summed E-state index contributed by atoms with van der Waals surface area (Å²) in [7, 11) is 0. The van der Waals surface area contributed by atoms with E-state index in [0.717, 1.165) is 19.3 Å². The third-order valence-corrected chi connectivity index (χ3v) is 2.54. The predicted octanol–water partition coefficient (Wildman–Crippen LogP) is 2.76. The van der Waals surface area contributed by atoms with Crippen LogP contribution in [-0.2, 0) is 9.53 Å². The summed E-state index contributed by atoms with van der Waals surface area (Å²) in [5.41, 5.74) is 0. The number of hydrogen-bond donors (Lipinski definition) is 0. The fraction of sp³-hybridized carbons (Fsp3) is 0.909. The molecular formula is C11H20O2. The average molecular weight is 184 g/mol.